The van der Waals surface area contributed by atoms with Crippen LogP contribution in [-0.2, 0) is 28.8 Å². The number of carbonyl (C=O) groups is 6. The van der Waals surface area contributed by atoms with Crippen molar-refractivity contribution in [1.82, 2.24) is 31.1 Å². The van der Waals surface area contributed by atoms with Gasteiger partial charge in [-0.2, -0.15) is 0 Å². The highest BCUT2D eigenvalue weighted by atomic mass is 35.5. The number of amides is 6. The van der Waals surface area contributed by atoms with Crippen molar-refractivity contribution >= 4 is 47.9 Å². The number of fused-ring (bicyclic) bond motifs is 2. The van der Waals surface area contributed by atoms with Crippen molar-refractivity contribution in [2.75, 3.05) is 13.1 Å². The zero-order valence-corrected chi connectivity index (χ0v) is 32.0. The molecule has 22 nitrogen and oxygen atoms in total. The molecule has 0 aliphatic carbocycles. The van der Waals surface area contributed by atoms with E-state index in [2.05, 4.69) is 16.0 Å². The molecule has 15 atom stereocenters. The second-order valence-corrected chi connectivity index (χ2v) is 14.6. The summed E-state index contributed by atoms with van der Waals surface area (Å²) in [7, 11) is 0. The van der Waals surface area contributed by atoms with Gasteiger partial charge in [-0.25, -0.2) is 0 Å². The molecule has 0 spiro atoms. The molecule has 4 rings (SSSR count). The lowest BCUT2D eigenvalue weighted by atomic mass is 9.96. The van der Waals surface area contributed by atoms with Gasteiger partial charge in [0.05, 0.1) is 30.5 Å². The number of rotatable bonds is 5. The number of hydrogen-bond donors (Lipinski definition) is 14. The van der Waals surface area contributed by atoms with Gasteiger partial charge in [-0.1, -0.05) is 19.1 Å². The van der Waals surface area contributed by atoms with E-state index in [4.69, 9.17) is 5.73 Å². The van der Waals surface area contributed by atoms with Crippen LogP contribution in [0.25, 0.3) is 0 Å². The molecule has 0 saturated carbocycles. The number of hydrogen-bond acceptors (Lipinski definition) is 16. The molecule has 23 heteroatoms. The number of aliphatic hydroxyl groups excluding tert-OH is 8. The van der Waals surface area contributed by atoms with Crippen molar-refractivity contribution in [1.29, 1.82) is 0 Å². The van der Waals surface area contributed by atoms with Gasteiger partial charge in [-0.05, 0) is 31.5 Å². The number of halogens is 1. The van der Waals surface area contributed by atoms with Crippen LogP contribution in [0.1, 0.15) is 45.3 Å². The molecule has 3 saturated heterocycles. The minimum Gasteiger partial charge on any atom is -0.508 e. The maximum absolute atomic E-state index is 14.0. The second-order valence-electron chi connectivity index (χ2n) is 14.6. The van der Waals surface area contributed by atoms with Crippen LogP contribution in [0.4, 0.5) is 0 Å². The predicted molar refractivity (Wildman–Crippen MR) is 195 cm³/mol. The van der Waals surface area contributed by atoms with E-state index in [0.717, 1.165) is 35.8 Å². The molecule has 0 radical (unpaired) electrons. The molecule has 3 fully saturated rings. The van der Waals surface area contributed by atoms with Crippen LogP contribution < -0.4 is 27.0 Å². The second kappa shape index (κ2) is 19.5. The summed E-state index contributed by atoms with van der Waals surface area (Å²) >= 11 is 0. The van der Waals surface area contributed by atoms with Crippen molar-refractivity contribution < 1.29 is 74.7 Å². The van der Waals surface area contributed by atoms with Gasteiger partial charge in [0, 0.05) is 31.8 Å². The predicted octanol–water partition coefficient (Wildman–Crippen LogP) is -6.88. The topological polar surface area (TPSA) is 365 Å². The lowest BCUT2D eigenvalue weighted by Crippen LogP contribution is -2.64. The molecular weight excluding hydrogens is 782 g/mol. The van der Waals surface area contributed by atoms with Gasteiger partial charge >= 0.3 is 0 Å². The molecule has 15 N–H and O–H groups in total. The Morgan fingerprint density at radius 3 is 1.79 bits per heavy atom. The first-order chi connectivity index (χ1) is 26.1. The van der Waals surface area contributed by atoms with Gasteiger partial charge in [0.1, 0.15) is 54.3 Å². The molecule has 6 amide bonds. The summed E-state index contributed by atoms with van der Waals surface area (Å²) in [5.41, 5.74) is 5.88. The van der Waals surface area contributed by atoms with Gasteiger partial charge < -0.3 is 82.8 Å². The van der Waals surface area contributed by atoms with Crippen LogP contribution in [0.5, 0.6) is 5.75 Å². The number of nitrogens with zero attached hydrogens (tertiary/aromatic N) is 2. The molecule has 57 heavy (non-hydrogen) atoms. The first-order valence-electron chi connectivity index (χ1n) is 18.0. The number of nitrogens with one attached hydrogen (secondary N) is 4. The quantitative estimate of drug-likeness (QED) is 0.131. The Morgan fingerprint density at radius 1 is 0.702 bits per heavy atom. The third kappa shape index (κ3) is 10.6. The van der Waals surface area contributed by atoms with Crippen LogP contribution in [0.3, 0.4) is 0 Å². The molecule has 0 bridgehead atoms. The summed E-state index contributed by atoms with van der Waals surface area (Å²) < 4.78 is 0. The Bertz CT molecular complexity index is 1620. The highest BCUT2D eigenvalue weighted by Crippen LogP contribution is 2.27. The van der Waals surface area contributed by atoms with Crippen LogP contribution in [0.15, 0.2) is 24.3 Å². The van der Waals surface area contributed by atoms with E-state index < -0.39 is 146 Å². The van der Waals surface area contributed by atoms with Crippen molar-refractivity contribution in [3.8, 4) is 5.75 Å². The van der Waals surface area contributed by atoms with Gasteiger partial charge in [-0.15, -0.1) is 12.4 Å². The molecule has 320 valence electrons. The minimum absolute atomic E-state index is 0. The van der Waals surface area contributed by atoms with Crippen molar-refractivity contribution in [3.63, 3.8) is 0 Å². The normalized spacial score (nSPS) is 34.6. The number of aromatic hydroxyl groups is 1. The summed E-state index contributed by atoms with van der Waals surface area (Å²) in [4.78, 5) is 83.9. The lowest BCUT2D eigenvalue weighted by molar-refractivity contribution is -0.148. The summed E-state index contributed by atoms with van der Waals surface area (Å²) in [5.74, 6) is -8.12. The Labute approximate surface area is 332 Å². The number of aliphatic hydroxyl groups is 8. The van der Waals surface area contributed by atoms with Crippen LogP contribution in [-0.4, -0.2) is 183 Å². The zero-order chi connectivity index (χ0) is 41.9. The van der Waals surface area contributed by atoms with Crippen molar-refractivity contribution in [2.24, 2.45) is 11.7 Å². The summed E-state index contributed by atoms with van der Waals surface area (Å²) in [6.45, 7) is 2.85. The Balaban J connectivity index is 0.00000870. The largest absolute Gasteiger partial charge is 0.508 e. The molecule has 0 aromatic heterocycles. The van der Waals surface area contributed by atoms with E-state index in [0.29, 0.717) is 0 Å². The molecular formula is C34H52ClN7O15. The van der Waals surface area contributed by atoms with E-state index in [1.165, 1.54) is 19.1 Å². The van der Waals surface area contributed by atoms with Gasteiger partial charge in [0.25, 0.3) is 0 Å². The summed E-state index contributed by atoms with van der Waals surface area (Å²) in [5, 5.41) is 105. The minimum atomic E-state index is -2.24. The number of benzene rings is 1. The maximum Gasteiger partial charge on any atom is 0.248 e. The van der Waals surface area contributed by atoms with Gasteiger partial charge in [-0.3, -0.25) is 28.8 Å². The van der Waals surface area contributed by atoms with E-state index in [1.807, 2.05) is 5.32 Å². The molecule has 15 unspecified atom stereocenters. The number of carbonyl (C=O) groups excluding carboxylic acids is 6. The van der Waals surface area contributed by atoms with Crippen LogP contribution in [0, 0.1) is 5.92 Å². The highest BCUT2D eigenvalue weighted by molar-refractivity contribution is 5.98. The summed E-state index contributed by atoms with van der Waals surface area (Å²) in [6, 6.07) is -6.28. The number of nitrogens with two attached hydrogens (primary N) is 1. The average molecular weight is 834 g/mol. The molecule has 3 aliphatic rings. The van der Waals surface area contributed by atoms with Crippen molar-refractivity contribution in [2.45, 2.75) is 119 Å². The third-order valence-corrected chi connectivity index (χ3v) is 10.2. The first-order valence-corrected chi connectivity index (χ1v) is 18.0. The van der Waals surface area contributed by atoms with E-state index in [9.17, 15) is 74.7 Å². The Kier molecular flexibility index (Phi) is 16.1. The zero-order valence-electron chi connectivity index (χ0n) is 31.2. The first kappa shape index (κ1) is 47.1. The maximum atomic E-state index is 14.0. The molecule has 1 aromatic carbocycles. The number of phenolic OH excluding ortho intramolecular Hbond substituents is 1. The van der Waals surface area contributed by atoms with Crippen molar-refractivity contribution in [3.05, 3.63) is 29.8 Å². The van der Waals surface area contributed by atoms with Gasteiger partial charge in [0.15, 0.2) is 6.23 Å². The lowest BCUT2D eigenvalue weighted by Gasteiger charge is -2.34. The SMILES string of the molecule is CC(O)C1NC(=O)C(N)CC(O)C(O)NC(=O)C2C(O)C(C)CN2C(=O)C(C(C)O)NC(=O)C(C(O)C(O)c2ccc(O)cc2)NC(=O)C2CC(O)CN2C1=O.Cl. The average Bonchev–Trinajstić information content (AvgIpc) is 3.68. The third-order valence-electron chi connectivity index (χ3n) is 10.2. The molecule has 3 aliphatic heterocycles. The Hall–Kier alpha value is -4.23. The van der Waals surface area contributed by atoms with Crippen LogP contribution in [0.2, 0.25) is 0 Å². The van der Waals surface area contributed by atoms with Crippen LogP contribution >= 0.6 is 12.4 Å². The highest BCUT2D eigenvalue weighted by Gasteiger charge is 2.50. The van der Waals surface area contributed by atoms with E-state index in [1.54, 1.807) is 0 Å². The number of phenols is 1. The monoisotopic (exact) mass is 833 g/mol. The molecule has 3 heterocycles. The van der Waals surface area contributed by atoms with Gasteiger partial charge in [0.2, 0.25) is 35.4 Å². The fourth-order valence-corrected chi connectivity index (χ4v) is 6.92. The molecule has 1 aromatic rings. The van der Waals surface area contributed by atoms with E-state index >= 15 is 0 Å². The fraction of sp³-hybridized carbons (Fsp3) is 0.647. The van der Waals surface area contributed by atoms with E-state index in [-0.39, 0.29) is 30.3 Å². The summed E-state index contributed by atoms with van der Waals surface area (Å²) in [6.07, 6.45) is -15.8. The smallest absolute Gasteiger partial charge is 0.248 e. The standard InChI is InChI=1S/C34H51N7O15.ClH/c1-12-10-41-24(25(12)47)32(54)39-30(52)20(46)9-18(35)28(50)36-21(13(2)42)33(55)40-11-17(45)8-19(40)29(51)38-23(31(53)37-22(14(3)43)34(41)56)27(49)26(48)15-4-6-16(44)7-5-15;/h4-7,12-14,17-27,30,42-49,52H,8-11,35H2,1-3H3,(H,36,50)(H,37,53)(H,38,51)(H,39,54);1H. The fourth-order valence-electron chi connectivity index (χ4n) is 6.92. The Morgan fingerprint density at radius 2 is 1.23 bits per heavy atom.